The monoisotopic (exact) mass is 293 g/mol. The minimum absolute atomic E-state index is 0.0306. The third-order valence-electron chi connectivity index (χ3n) is 2.62. The Morgan fingerprint density at radius 3 is 2.72 bits per heavy atom. The Hall–Kier alpha value is -0.510. The maximum atomic E-state index is 12.1. The van der Waals surface area contributed by atoms with Crippen LogP contribution in [0, 0.1) is 0 Å². The number of nitrogens with two attached hydrogens (primary N) is 1. The molecule has 0 bridgehead atoms. The molecule has 102 valence electrons. The number of ether oxygens (including phenoxy) is 1. The standard InChI is InChI=1S/C13H18Cl2FNO/c1-2-11(17)7-9-6-10(14)8-12(15)13(9)18-5-3-4-16/h6,8,11H,2-5,7,17H2,1H3. The van der Waals surface area contributed by atoms with Crippen molar-refractivity contribution in [2.75, 3.05) is 13.3 Å². The molecular weight excluding hydrogens is 276 g/mol. The zero-order chi connectivity index (χ0) is 13.5. The number of benzene rings is 1. The van der Waals surface area contributed by atoms with E-state index in [9.17, 15) is 4.39 Å². The Bertz CT molecular complexity index is 387. The molecule has 2 nitrogen and oxygen atoms in total. The fraction of sp³-hybridized carbons (Fsp3) is 0.538. The van der Waals surface area contributed by atoms with E-state index in [2.05, 4.69) is 0 Å². The lowest BCUT2D eigenvalue weighted by Gasteiger charge is -2.16. The molecule has 1 rings (SSSR count). The molecule has 5 heteroatoms. The van der Waals surface area contributed by atoms with Gasteiger partial charge in [-0.2, -0.15) is 0 Å². The van der Waals surface area contributed by atoms with Gasteiger partial charge in [-0.25, -0.2) is 0 Å². The van der Waals surface area contributed by atoms with E-state index in [1.165, 1.54) is 0 Å². The van der Waals surface area contributed by atoms with Gasteiger partial charge in [0.25, 0.3) is 0 Å². The molecule has 0 amide bonds. The molecule has 0 aliphatic rings. The van der Waals surface area contributed by atoms with Gasteiger partial charge in [-0.3, -0.25) is 4.39 Å². The predicted octanol–water partition coefficient (Wildman–Crippen LogP) is 4.01. The highest BCUT2D eigenvalue weighted by atomic mass is 35.5. The molecule has 1 aromatic carbocycles. The van der Waals surface area contributed by atoms with Gasteiger partial charge in [-0.05, 0) is 30.5 Å². The third-order valence-corrected chi connectivity index (χ3v) is 3.12. The molecule has 0 aromatic heterocycles. The van der Waals surface area contributed by atoms with Crippen molar-refractivity contribution in [2.45, 2.75) is 32.2 Å². The highest BCUT2D eigenvalue weighted by Crippen LogP contribution is 2.33. The number of halogens is 3. The molecule has 0 spiro atoms. The van der Waals surface area contributed by atoms with Crippen molar-refractivity contribution in [2.24, 2.45) is 5.73 Å². The quantitative estimate of drug-likeness (QED) is 0.771. The molecule has 0 saturated carbocycles. The number of hydrogen-bond acceptors (Lipinski definition) is 2. The summed E-state index contributed by atoms with van der Waals surface area (Å²) in [6.45, 7) is 1.90. The van der Waals surface area contributed by atoms with Crippen LogP contribution >= 0.6 is 23.2 Å². The Morgan fingerprint density at radius 2 is 2.11 bits per heavy atom. The second-order valence-corrected chi connectivity index (χ2v) is 4.98. The summed E-state index contributed by atoms with van der Waals surface area (Å²) in [5.41, 5.74) is 6.80. The second kappa shape index (κ2) is 7.82. The summed E-state index contributed by atoms with van der Waals surface area (Å²) in [5, 5.41) is 0.996. The Balaban J connectivity index is 2.89. The van der Waals surface area contributed by atoms with Gasteiger partial charge in [-0.1, -0.05) is 30.1 Å². The van der Waals surface area contributed by atoms with Crippen LogP contribution in [0.3, 0.4) is 0 Å². The van der Waals surface area contributed by atoms with Crippen LogP contribution in [-0.4, -0.2) is 19.3 Å². The highest BCUT2D eigenvalue weighted by Gasteiger charge is 2.13. The fourth-order valence-corrected chi connectivity index (χ4v) is 2.17. The van der Waals surface area contributed by atoms with Crippen LogP contribution in [0.15, 0.2) is 12.1 Å². The lowest BCUT2D eigenvalue weighted by molar-refractivity contribution is 0.287. The summed E-state index contributed by atoms with van der Waals surface area (Å²) in [5.74, 6) is 0.568. The van der Waals surface area contributed by atoms with E-state index in [-0.39, 0.29) is 6.04 Å². The Morgan fingerprint density at radius 1 is 1.39 bits per heavy atom. The molecule has 1 aromatic rings. The molecule has 1 unspecified atom stereocenters. The van der Waals surface area contributed by atoms with Gasteiger partial charge < -0.3 is 10.5 Å². The Labute approximate surface area is 117 Å². The van der Waals surface area contributed by atoms with Crippen molar-refractivity contribution >= 4 is 23.2 Å². The maximum Gasteiger partial charge on any atom is 0.141 e. The van der Waals surface area contributed by atoms with Gasteiger partial charge in [0.05, 0.1) is 18.3 Å². The normalized spacial score (nSPS) is 12.5. The first-order valence-electron chi connectivity index (χ1n) is 6.00. The van der Waals surface area contributed by atoms with Crippen molar-refractivity contribution in [1.82, 2.24) is 0 Å². The molecule has 0 radical (unpaired) electrons. The summed E-state index contributed by atoms with van der Waals surface area (Å²) in [4.78, 5) is 0. The molecule has 1 atom stereocenters. The average molecular weight is 294 g/mol. The van der Waals surface area contributed by atoms with Gasteiger partial charge in [0.1, 0.15) is 5.75 Å². The van der Waals surface area contributed by atoms with Crippen LogP contribution in [0.4, 0.5) is 4.39 Å². The van der Waals surface area contributed by atoms with Crippen LogP contribution in [0.25, 0.3) is 0 Å². The molecule has 0 aliphatic heterocycles. The topological polar surface area (TPSA) is 35.2 Å². The lowest BCUT2D eigenvalue weighted by atomic mass is 10.0. The number of hydrogen-bond donors (Lipinski definition) is 1. The fourth-order valence-electron chi connectivity index (χ4n) is 1.58. The predicted molar refractivity (Wildman–Crippen MR) is 74.5 cm³/mol. The van der Waals surface area contributed by atoms with Crippen molar-refractivity contribution in [3.05, 3.63) is 27.7 Å². The van der Waals surface area contributed by atoms with Crippen molar-refractivity contribution in [1.29, 1.82) is 0 Å². The number of rotatable bonds is 7. The average Bonchev–Trinajstić information content (AvgIpc) is 2.32. The van der Waals surface area contributed by atoms with E-state index in [4.69, 9.17) is 33.7 Å². The summed E-state index contributed by atoms with van der Waals surface area (Å²) >= 11 is 12.1. The van der Waals surface area contributed by atoms with Crippen LogP contribution < -0.4 is 10.5 Å². The van der Waals surface area contributed by atoms with Crippen LogP contribution in [0.5, 0.6) is 5.75 Å². The third kappa shape index (κ3) is 4.63. The van der Waals surface area contributed by atoms with E-state index < -0.39 is 6.67 Å². The molecular formula is C13H18Cl2FNO. The van der Waals surface area contributed by atoms with Gasteiger partial charge in [0.2, 0.25) is 0 Å². The first-order valence-corrected chi connectivity index (χ1v) is 6.76. The second-order valence-electron chi connectivity index (χ2n) is 4.14. The Kier molecular flexibility index (Phi) is 6.76. The molecule has 2 N–H and O–H groups in total. The summed E-state index contributed by atoms with van der Waals surface area (Å²) in [7, 11) is 0. The summed E-state index contributed by atoms with van der Waals surface area (Å²) in [6.07, 6.45) is 1.84. The molecule has 18 heavy (non-hydrogen) atoms. The number of alkyl halides is 1. The molecule has 0 fully saturated rings. The van der Waals surface area contributed by atoms with E-state index in [1.807, 2.05) is 6.92 Å². The molecule has 0 heterocycles. The molecule has 0 saturated heterocycles. The van der Waals surface area contributed by atoms with Gasteiger partial charge in [0, 0.05) is 17.5 Å². The van der Waals surface area contributed by atoms with Crippen molar-refractivity contribution < 1.29 is 9.13 Å². The smallest absolute Gasteiger partial charge is 0.141 e. The zero-order valence-electron chi connectivity index (χ0n) is 10.4. The van der Waals surface area contributed by atoms with Gasteiger partial charge >= 0.3 is 0 Å². The van der Waals surface area contributed by atoms with Crippen LogP contribution in [-0.2, 0) is 6.42 Å². The largest absolute Gasteiger partial charge is 0.492 e. The maximum absolute atomic E-state index is 12.1. The molecule has 0 aliphatic carbocycles. The van der Waals surface area contributed by atoms with E-state index in [1.54, 1.807) is 12.1 Å². The SMILES string of the molecule is CCC(N)Cc1cc(Cl)cc(Cl)c1OCCCF. The van der Waals surface area contributed by atoms with Gasteiger partial charge in [-0.15, -0.1) is 0 Å². The minimum atomic E-state index is -0.408. The van der Waals surface area contributed by atoms with Crippen molar-refractivity contribution in [3.63, 3.8) is 0 Å². The zero-order valence-corrected chi connectivity index (χ0v) is 11.9. The highest BCUT2D eigenvalue weighted by molar-refractivity contribution is 6.35. The summed E-state index contributed by atoms with van der Waals surface area (Å²) in [6, 6.07) is 3.45. The van der Waals surface area contributed by atoms with Crippen LogP contribution in [0.2, 0.25) is 10.0 Å². The van der Waals surface area contributed by atoms with Crippen molar-refractivity contribution in [3.8, 4) is 5.75 Å². The summed E-state index contributed by atoms with van der Waals surface area (Å²) < 4.78 is 17.6. The van der Waals surface area contributed by atoms with Crippen LogP contribution in [0.1, 0.15) is 25.3 Å². The minimum Gasteiger partial charge on any atom is -0.492 e. The van der Waals surface area contributed by atoms with E-state index >= 15 is 0 Å². The van der Waals surface area contributed by atoms with E-state index in [0.29, 0.717) is 35.2 Å². The first kappa shape index (κ1) is 15.5. The lowest BCUT2D eigenvalue weighted by Crippen LogP contribution is -2.22. The van der Waals surface area contributed by atoms with E-state index in [0.717, 1.165) is 12.0 Å². The first-order chi connectivity index (χ1) is 8.58. The van der Waals surface area contributed by atoms with Gasteiger partial charge in [0.15, 0.2) is 0 Å².